The van der Waals surface area contributed by atoms with E-state index in [1.807, 2.05) is 6.92 Å². The minimum Gasteiger partial charge on any atom is -0.469 e. The molecule has 1 aromatic rings. The number of rotatable bonds is 6. The van der Waals surface area contributed by atoms with Gasteiger partial charge in [0.15, 0.2) is 0 Å². The van der Waals surface area contributed by atoms with Crippen LogP contribution in [0.2, 0.25) is 0 Å². The monoisotopic (exact) mass is 286 g/mol. The van der Waals surface area contributed by atoms with Crippen molar-refractivity contribution in [1.29, 1.82) is 0 Å². The maximum atomic E-state index is 11.2. The summed E-state index contributed by atoms with van der Waals surface area (Å²) < 4.78 is 27.0. The SMILES string of the molecule is COC(=O)CCNC(C)c1cccc(S(N)(=O)=O)c1. The van der Waals surface area contributed by atoms with Crippen molar-refractivity contribution in [2.75, 3.05) is 13.7 Å². The summed E-state index contributed by atoms with van der Waals surface area (Å²) in [6.45, 7) is 2.33. The lowest BCUT2D eigenvalue weighted by Crippen LogP contribution is -2.22. The van der Waals surface area contributed by atoms with E-state index in [9.17, 15) is 13.2 Å². The first-order valence-electron chi connectivity index (χ1n) is 5.77. The highest BCUT2D eigenvalue weighted by Crippen LogP contribution is 2.16. The van der Waals surface area contributed by atoms with Gasteiger partial charge in [-0.1, -0.05) is 12.1 Å². The zero-order valence-corrected chi connectivity index (χ0v) is 11.7. The molecule has 3 N–H and O–H groups in total. The normalized spacial score (nSPS) is 13.0. The highest BCUT2D eigenvalue weighted by atomic mass is 32.2. The highest BCUT2D eigenvalue weighted by molar-refractivity contribution is 7.89. The van der Waals surface area contributed by atoms with Crippen LogP contribution in [0.1, 0.15) is 24.9 Å². The zero-order valence-electron chi connectivity index (χ0n) is 10.9. The second-order valence-corrected chi connectivity index (χ2v) is 5.68. The van der Waals surface area contributed by atoms with Crippen molar-refractivity contribution < 1.29 is 17.9 Å². The third kappa shape index (κ3) is 4.98. The molecule has 1 unspecified atom stereocenters. The molecule has 6 nitrogen and oxygen atoms in total. The molecule has 106 valence electrons. The predicted octanol–water partition coefficient (Wildman–Crippen LogP) is 0.548. The molecule has 0 saturated carbocycles. The van der Waals surface area contributed by atoms with Gasteiger partial charge in [0, 0.05) is 12.6 Å². The Balaban J connectivity index is 2.67. The van der Waals surface area contributed by atoms with Crippen LogP contribution in [-0.4, -0.2) is 28.0 Å². The van der Waals surface area contributed by atoms with Gasteiger partial charge in [0.25, 0.3) is 0 Å². The van der Waals surface area contributed by atoms with Crippen LogP contribution < -0.4 is 10.5 Å². The number of nitrogens with two attached hydrogens (primary N) is 1. The maximum absolute atomic E-state index is 11.2. The van der Waals surface area contributed by atoms with Gasteiger partial charge in [0.2, 0.25) is 10.0 Å². The van der Waals surface area contributed by atoms with Crippen LogP contribution >= 0.6 is 0 Å². The molecule has 19 heavy (non-hydrogen) atoms. The summed E-state index contributed by atoms with van der Waals surface area (Å²) >= 11 is 0. The predicted molar refractivity (Wildman–Crippen MR) is 70.9 cm³/mol. The second kappa shape index (κ2) is 6.65. The summed E-state index contributed by atoms with van der Waals surface area (Å²) in [5, 5.41) is 8.18. The first-order chi connectivity index (χ1) is 8.84. The van der Waals surface area contributed by atoms with Crippen molar-refractivity contribution in [2.24, 2.45) is 5.14 Å². The fourth-order valence-corrected chi connectivity index (χ4v) is 2.14. The van der Waals surface area contributed by atoms with E-state index in [2.05, 4.69) is 10.1 Å². The molecule has 0 bridgehead atoms. The molecular weight excluding hydrogens is 268 g/mol. The Labute approximate surface area is 113 Å². The van der Waals surface area contributed by atoms with Crippen LogP contribution in [0.5, 0.6) is 0 Å². The standard InChI is InChI=1S/C12H18N2O4S/c1-9(14-7-6-12(15)18-2)10-4-3-5-11(8-10)19(13,16)17/h3-5,8-9,14H,6-7H2,1-2H3,(H2,13,16,17). The molecule has 0 fully saturated rings. The van der Waals surface area contributed by atoms with Gasteiger partial charge in [0.05, 0.1) is 18.4 Å². The van der Waals surface area contributed by atoms with Crippen LogP contribution in [-0.2, 0) is 19.6 Å². The summed E-state index contributed by atoms with van der Waals surface area (Å²) in [5.74, 6) is -0.294. The molecule has 0 spiro atoms. The summed E-state index contributed by atoms with van der Waals surface area (Å²) in [6, 6.07) is 6.30. The van der Waals surface area contributed by atoms with Gasteiger partial charge in [-0.2, -0.15) is 0 Å². The molecule has 1 aromatic carbocycles. The smallest absolute Gasteiger partial charge is 0.306 e. The molecule has 0 heterocycles. The van der Waals surface area contributed by atoms with Crippen molar-refractivity contribution in [1.82, 2.24) is 5.32 Å². The number of carbonyl (C=O) groups excluding carboxylic acids is 1. The lowest BCUT2D eigenvalue weighted by Gasteiger charge is -2.14. The molecule has 0 aliphatic rings. The Kier molecular flexibility index (Phi) is 5.46. The van der Waals surface area contributed by atoms with E-state index in [0.717, 1.165) is 5.56 Å². The topological polar surface area (TPSA) is 98.5 Å². The highest BCUT2D eigenvalue weighted by Gasteiger charge is 2.11. The third-order valence-electron chi connectivity index (χ3n) is 2.69. The van der Waals surface area contributed by atoms with Gasteiger partial charge in [-0.15, -0.1) is 0 Å². The average molecular weight is 286 g/mol. The average Bonchev–Trinajstić information content (AvgIpc) is 2.37. The Hall–Kier alpha value is -1.44. The van der Waals surface area contributed by atoms with Crippen LogP contribution in [0.3, 0.4) is 0 Å². The van der Waals surface area contributed by atoms with Crippen molar-refractivity contribution in [2.45, 2.75) is 24.3 Å². The van der Waals surface area contributed by atoms with Gasteiger partial charge in [0.1, 0.15) is 0 Å². The number of hydrogen-bond acceptors (Lipinski definition) is 5. The molecule has 0 saturated heterocycles. The number of primary sulfonamides is 1. The number of esters is 1. The summed E-state index contributed by atoms with van der Waals surface area (Å²) in [7, 11) is -2.36. The van der Waals surface area contributed by atoms with E-state index < -0.39 is 10.0 Å². The van der Waals surface area contributed by atoms with Crippen LogP contribution in [0.25, 0.3) is 0 Å². The molecule has 0 aliphatic heterocycles. The van der Waals surface area contributed by atoms with Gasteiger partial charge >= 0.3 is 5.97 Å². The Morgan fingerprint density at radius 2 is 2.16 bits per heavy atom. The van der Waals surface area contributed by atoms with Crippen LogP contribution in [0, 0.1) is 0 Å². The molecule has 0 amide bonds. The van der Waals surface area contributed by atoms with Crippen molar-refractivity contribution in [3.05, 3.63) is 29.8 Å². The number of sulfonamides is 1. The quantitative estimate of drug-likeness (QED) is 0.744. The summed E-state index contributed by atoms with van der Waals surface area (Å²) in [4.78, 5) is 11.0. The van der Waals surface area contributed by atoms with Crippen LogP contribution in [0.4, 0.5) is 0 Å². The fourth-order valence-electron chi connectivity index (χ4n) is 1.57. The Bertz CT molecular complexity index is 542. The van der Waals surface area contributed by atoms with Crippen LogP contribution in [0.15, 0.2) is 29.2 Å². The van der Waals surface area contributed by atoms with E-state index in [1.165, 1.54) is 19.2 Å². The molecule has 1 atom stereocenters. The number of benzene rings is 1. The van der Waals surface area contributed by atoms with E-state index in [4.69, 9.17) is 5.14 Å². The first-order valence-corrected chi connectivity index (χ1v) is 7.32. The minimum atomic E-state index is -3.70. The summed E-state index contributed by atoms with van der Waals surface area (Å²) in [5.41, 5.74) is 0.788. The van der Waals surface area contributed by atoms with E-state index in [-0.39, 0.29) is 23.3 Å². The molecule has 0 aliphatic carbocycles. The number of hydrogen-bond donors (Lipinski definition) is 2. The van der Waals surface area contributed by atoms with Crippen molar-refractivity contribution >= 4 is 16.0 Å². The lowest BCUT2D eigenvalue weighted by atomic mass is 10.1. The number of methoxy groups -OCH3 is 1. The number of ether oxygens (including phenoxy) is 1. The van der Waals surface area contributed by atoms with E-state index >= 15 is 0 Å². The molecule has 0 radical (unpaired) electrons. The molecular formula is C12H18N2O4S. The van der Waals surface area contributed by atoms with Crippen molar-refractivity contribution in [3.63, 3.8) is 0 Å². The third-order valence-corrected chi connectivity index (χ3v) is 3.60. The molecule has 0 aromatic heterocycles. The second-order valence-electron chi connectivity index (χ2n) is 4.12. The number of nitrogens with one attached hydrogen (secondary N) is 1. The van der Waals surface area contributed by atoms with Gasteiger partial charge in [-0.05, 0) is 24.6 Å². The Morgan fingerprint density at radius 1 is 1.47 bits per heavy atom. The molecule has 1 rings (SSSR count). The fraction of sp³-hybridized carbons (Fsp3) is 0.417. The van der Waals surface area contributed by atoms with E-state index in [0.29, 0.717) is 6.54 Å². The summed E-state index contributed by atoms with van der Waals surface area (Å²) in [6.07, 6.45) is 0.260. The zero-order chi connectivity index (χ0) is 14.5. The van der Waals surface area contributed by atoms with Gasteiger partial charge in [-0.3, -0.25) is 4.79 Å². The largest absolute Gasteiger partial charge is 0.469 e. The Morgan fingerprint density at radius 3 is 2.74 bits per heavy atom. The number of carbonyl (C=O) groups is 1. The van der Waals surface area contributed by atoms with Gasteiger partial charge in [-0.25, -0.2) is 13.6 Å². The minimum absolute atomic E-state index is 0.0756. The first kappa shape index (κ1) is 15.6. The maximum Gasteiger partial charge on any atom is 0.306 e. The van der Waals surface area contributed by atoms with Crippen molar-refractivity contribution in [3.8, 4) is 0 Å². The molecule has 7 heteroatoms. The lowest BCUT2D eigenvalue weighted by molar-refractivity contribution is -0.140. The van der Waals surface area contributed by atoms with Gasteiger partial charge < -0.3 is 10.1 Å². The van der Waals surface area contributed by atoms with E-state index in [1.54, 1.807) is 12.1 Å².